The first-order valence-corrected chi connectivity index (χ1v) is 10.9. The van der Waals surface area contributed by atoms with Gasteiger partial charge in [-0.25, -0.2) is 0 Å². The van der Waals surface area contributed by atoms with Gasteiger partial charge in [0.15, 0.2) is 0 Å². The second kappa shape index (κ2) is 16.7. The number of methoxy groups -OCH3 is 1. The zero-order chi connectivity index (χ0) is 22.2. The van der Waals surface area contributed by atoms with E-state index in [9.17, 15) is 4.79 Å². The van der Waals surface area contributed by atoms with Crippen LogP contribution in [0.2, 0.25) is 0 Å². The van der Waals surface area contributed by atoms with Gasteiger partial charge in [0.2, 0.25) is 0 Å². The Balaban J connectivity index is 0. The van der Waals surface area contributed by atoms with Crippen LogP contribution in [0.15, 0.2) is 30.3 Å². The summed E-state index contributed by atoms with van der Waals surface area (Å²) >= 11 is 0. The Morgan fingerprint density at radius 3 is 1.93 bits per heavy atom. The lowest BCUT2D eigenvalue weighted by atomic mass is 9.89. The molecule has 0 aliphatic heterocycles. The maximum absolute atomic E-state index is 10.9. The standard InChI is InChI=1S/C18H29NO.C5H12O.C2H6/c1-14(2)18(13-20)19-11-10-15(3)12-16(4)17-8-6-5-7-9-17;1-5(2,3)6-4;1-2/h5-9,13-16,18-19H,10-12H2,1-4H3;1-4H3;1-2H3/t15-,16?,18?;;/m0../s1. The minimum Gasteiger partial charge on any atom is -0.379 e. The van der Waals surface area contributed by atoms with Crippen LogP contribution in [0.25, 0.3) is 0 Å². The summed E-state index contributed by atoms with van der Waals surface area (Å²) < 4.78 is 4.94. The predicted molar refractivity (Wildman–Crippen MR) is 124 cm³/mol. The molecule has 1 N–H and O–H groups in total. The topological polar surface area (TPSA) is 38.3 Å². The predicted octanol–water partition coefficient (Wildman–Crippen LogP) is 6.48. The molecule has 0 amide bonds. The fraction of sp³-hybridized carbons (Fsp3) is 0.720. The SMILES string of the molecule is CC.CC(C[C@@H](C)CCNC(C=O)C(C)C)c1ccccc1.COC(C)(C)C. The Kier molecular flexibility index (Phi) is 17.3. The van der Waals surface area contributed by atoms with Gasteiger partial charge in [-0.1, -0.05) is 71.9 Å². The molecule has 0 saturated carbocycles. The van der Waals surface area contributed by atoms with E-state index in [0.29, 0.717) is 17.8 Å². The van der Waals surface area contributed by atoms with Crippen LogP contribution in [-0.4, -0.2) is 31.6 Å². The van der Waals surface area contributed by atoms with Crippen molar-refractivity contribution in [1.29, 1.82) is 0 Å². The molecule has 0 radical (unpaired) electrons. The van der Waals surface area contributed by atoms with Gasteiger partial charge in [0.1, 0.15) is 6.29 Å². The average Bonchev–Trinajstić information content (AvgIpc) is 2.67. The molecule has 28 heavy (non-hydrogen) atoms. The Bertz CT molecular complexity index is 465. The molecular formula is C25H47NO2. The van der Waals surface area contributed by atoms with Crippen LogP contribution in [0.3, 0.4) is 0 Å². The molecule has 3 atom stereocenters. The molecule has 0 aliphatic carbocycles. The van der Waals surface area contributed by atoms with Gasteiger partial charge in [-0.15, -0.1) is 0 Å². The third-order valence-electron chi connectivity index (χ3n) is 4.62. The van der Waals surface area contributed by atoms with E-state index in [0.717, 1.165) is 19.3 Å². The van der Waals surface area contributed by atoms with Gasteiger partial charge < -0.3 is 14.8 Å². The zero-order valence-corrected chi connectivity index (χ0v) is 20.2. The number of rotatable bonds is 9. The maximum Gasteiger partial charge on any atom is 0.137 e. The summed E-state index contributed by atoms with van der Waals surface area (Å²) in [5.41, 5.74) is 1.46. The monoisotopic (exact) mass is 393 g/mol. The number of benzene rings is 1. The van der Waals surface area contributed by atoms with Crippen LogP contribution in [0.4, 0.5) is 0 Å². The number of hydrogen-bond donors (Lipinski definition) is 1. The van der Waals surface area contributed by atoms with E-state index in [4.69, 9.17) is 4.74 Å². The van der Waals surface area contributed by atoms with Crippen molar-refractivity contribution >= 4 is 6.29 Å². The number of carbonyl (C=O) groups excluding carboxylic acids is 1. The normalized spacial score (nSPS) is 14.1. The summed E-state index contributed by atoms with van der Waals surface area (Å²) in [6, 6.07) is 10.7. The van der Waals surface area contributed by atoms with Gasteiger partial charge >= 0.3 is 0 Å². The number of carbonyl (C=O) groups is 1. The highest BCUT2D eigenvalue weighted by Gasteiger charge is 2.13. The van der Waals surface area contributed by atoms with E-state index in [1.54, 1.807) is 7.11 Å². The lowest BCUT2D eigenvalue weighted by molar-refractivity contribution is -0.110. The van der Waals surface area contributed by atoms with Crippen molar-refractivity contribution in [3.05, 3.63) is 35.9 Å². The first-order valence-electron chi connectivity index (χ1n) is 10.9. The summed E-state index contributed by atoms with van der Waals surface area (Å²) in [6.45, 7) is 19.7. The second-order valence-electron chi connectivity index (χ2n) is 8.62. The minimum atomic E-state index is -0.00579. The van der Waals surface area contributed by atoms with Crippen LogP contribution < -0.4 is 5.32 Å². The molecule has 3 nitrogen and oxygen atoms in total. The van der Waals surface area contributed by atoms with E-state index < -0.39 is 0 Å². The Morgan fingerprint density at radius 2 is 1.54 bits per heavy atom. The molecular weight excluding hydrogens is 346 g/mol. The highest BCUT2D eigenvalue weighted by molar-refractivity contribution is 5.57. The maximum atomic E-state index is 10.9. The average molecular weight is 394 g/mol. The van der Waals surface area contributed by atoms with Gasteiger partial charge in [0.25, 0.3) is 0 Å². The van der Waals surface area contributed by atoms with Gasteiger partial charge in [0, 0.05) is 7.11 Å². The highest BCUT2D eigenvalue weighted by atomic mass is 16.5. The summed E-state index contributed by atoms with van der Waals surface area (Å²) in [4.78, 5) is 10.9. The summed E-state index contributed by atoms with van der Waals surface area (Å²) in [5, 5.41) is 3.34. The van der Waals surface area contributed by atoms with Crippen LogP contribution in [0, 0.1) is 11.8 Å². The molecule has 0 bridgehead atoms. The van der Waals surface area contributed by atoms with Crippen LogP contribution in [-0.2, 0) is 9.53 Å². The molecule has 0 saturated heterocycles. The lowest BCUT2D eigenvalue weighted by Crippen LogP contribution is -2.36. The van der Waals surface area contributed by atoms with E-state index >= 15 is 0 Å². The highest BCUT2D eigenvalue weighted by Crippen LogP contribution is 2.24. The molecule has 0 heterocycles. The largest absolute Gasteiger partial charge is 0.379 e. The van der Waals surface area contributed by atoms with Gasteiger partial charge in [0.05, 0.1) is 11.6 Å². The van der Waals surface area contributed by atoms with Crippen LogP contribution in [0.1, 0.15) is 86.6 Å². The molecule has 0 spiro atoms. The number of aldehydes is 1. The van der Waals surface area contributed by atoms with E-state index in [1.807, 2.05) is 34.6 Å². The molecule has 0 aliphatic rings. The number of hydrogen-bond acceptors (Lipinski definition) is 3. The van der Waals surface area contributed by atoms with E-state index in [1.165, 1.54) is 12.0 Å². The third kappa shape index (κ3) is 15.8. The summed E-state index contributed by atoms with van der Waals surface area (Å²) in [5.74, 6) is 1.63. The Labute approximate surface area is 175 Å². The fourth-order valence-corrected chi connectivity index (χ4v) is 2.58. The summed E-state index contributed by atoms with van der Waals surface area (Å²) in [6.07, 6.45) is 3.34. The lowest BCUT2D eigenvalue weighted by Gasteiger charge is -2.20. The molecule has 1 aromatic rings. The molecule has 1 rings (SSSR count). The minimum absolute atomic E-state index is 0.00579. The second-order valence-corrected chi connectivity index (χ2v) is 8.62. The van der Waals surface area contributed by atoms with Crippen LogP contribution in [0.5, 0.6) is 0 Å². The molecule has 0 fully saturated rings. The van der Waals surface area contributed by atoms with Crippen molar-refractivity contribution in [2.45, 2.75) is 92.7 Å². The molecule has 3 heteroatoms. The first kappa shape index (κ1) is 29.0. The Hall–Kier alpha value is -1.19. The van der Waals surface area contributed by atoms with Crippen molar-refractivity contribution in [3.63, 3.8) is 0 Å². The molecule has 2 unspecified atom stereocenters. The number of nitrogens with one attached hydrogen (secondary N) is 1. The van der Waals surface area contributed by atoms with Crippen LogP contribution >= 0.6 is 0 Å². The van der Waals surface area contributed by atoms with Gasteiger partial charge in [-0.3, -0.25) is 0 Å². The smallest absolute Gasteiger partial charge is 0.137 e. The molecule has 164 valence electrons. The molecule has 1 aromatic carbocycles. The van der Waals surface area contributed by atoms with Gasteiger partial charge in [-0.2, -0.15) is 0 Å². The van der Waals surface area contributed by atoms with Crippen molar-refractivity contribution in [2.75, 3.05) is 13.7 Å². The Morgan fingerprint density at radius 1 is 1.04 bits per heavy atom. The number of ether oxygens (including phenoxy) is 1. The zero-order valence-electron chi connectivity index (χ0n) is 20.2. The van der Waals surface area contributed by atoms with Crippen molar-refractivity contribution in [1.82, 2.24) is 5.32 Å². The quantitative estimate of drug-likeness (QED) is 0.488. The van der Waals surface area contributed by atoms with E-state index in [2.05, 4.69) is 63.3 Å². The van der Waals surface area contributed by atoms with Crippen molar-refractivity contribution in [2.24, 2.45) is 11.8 Å². The summed E-state index contributed by atoms with van der Waals surface area (Å²) in [7, 11) is 1.71. The van der Waals surface area contributed by atoms with Gasteiger partial charge in [-0.05, 0) is 63.5 Å². The van der Waals surface area contributed by atoms with E-state index in [-0.39, 0.29) is 11.6 Å². The van der Waals surface area contributed by atoms with Crippen molar-refractivity contribution < 1.29 is 9.53 Å². The molecule has 0 aromatic heterocycles. The fourth-order valence-electron chi connectivity index (χ4n) is 2.58. The first-order chi connectivity index (χ1) is 13.1. The third-order valence-corrected chi connectivity index (χ3v) is 4.62. The van der Waals surface area contributed by atoms with Crippen molar-refractivity contribution in [3.8, 4) is 0 Å².